The number of nitriles is 1. The fourth-order valence-corrected chi connectivity index (χ4v) is 3.27. The molecule has 2 aromatic carbocycles. The Morgan fingerprint density at radius 3 is 2.30 bits per heavy atom. The van der Waals surface area contributed by atoms with Crippen molar-refractivity contribution >= 4 is 38.5 Å². The van der Waals surface area contributed by atoms with Gasteiger partial charge in [0.15, 0.2) is 0 Å². The summed E-state index contributed by atoms with van der Waals surface area (Å²) < 4.78 is 0.726. The predicted molar refractivity (Wildman–Crippen MR) is 105 cm³/mol. The average molecular weight is 475 g/mol. The van der Waals surface area contributed by atoms with Crippen LogP contribution in [0.25, 0.3) is 22.4 Å². The summed E-state index contributed by atoms with van der Waals surface area (Å²) in [5, 5.41) is 10.2. The van der Waals surface area contributed by atoms with Crippen LogP contribution in [-0.4, -0.2) is 4.98 Å². The zero-order valence-electron chi connectivity index (χ0n) is 12.1. The Balaban J connectivity index is 2.22. The molecule has 0 spiro atoms. The van der Waals surface area contributed by atoms with Gasteiger partial charge in [0.2, 0.25) is 0 Å². The lowest BCUT2D eigenvalue weighted by molar-refractivity contribution is 1.25. The highest BCUT2D eigenvalue weighted by Crippen LogP contribution is 2.32. The van der Waals surface area contributed by atoms with Crippen LogP contribution in [0.3, 0.4) is 0 Å². The molecular weight excluding hydrogens is 463 g/mol. The van der Waals surface area contributed by atoms with Crippen molar-refractivity contribution in [1.29, 1.82) is 5.26 Å². The Hall–Kier alpha value is -1.71. The lowest BCUT2D eigenvalue weighted by atomic mass is 9.97. The molecule has 0 N–H and O–H groups in total. The third kappa shape index (κ3) is 3.46. The molecule has 0 fully saturated rings. The molecule has 4 heteroatoms. The van der Waals surface area contributed by atoms with Gasteiger partial charge in [0.1, 0.15) is 9.77 Å². The number of rotatable bonds is 3. The topological polar surface area (TPSA) is 36.7 Å². The molecule has 1 aromatic heterocycles. The number of pyridine rings is 1. The molecule has 0 radical (unpaired) electrons. The van der Waals surface area contributed by atoms with Crippen molar-refractivity contribution in [2.75, 3.05) is 0 Å². The maximum atomic E-state index is 9.32. The van der Waals surface area contributed by atoms with Crippen molar-refractivity contribution in [3.05, 3.63) is 75.5 Å². The van der Waals surface area contributed by atoms with Gasteiger partial charge in [-0.1, -0.05) is 70.5 Å². The van der Waals surface area contributed by atoms with Crippen molar-refractivity contribution in [3.63, 3.8) is 0 Å². The van der Waals surface area contributed by atoms with Gasteiger partial charge in [0.05, 0.1) is 11.3 Å². The molecule has 3 aromatic rings. The van der Waals surface area contributed by atoms with Crippen molar-refractivity contribution in [2.24, 2.45) is 0 Å². The molecule has 112 valence electrons. The third-order valence-corrected chi connectivity index (χ3v) is 5.03. The molecule has 0 aliphatic rings. The highest BCUT2D eigenvalue weighted by atomic mass is 127. The Labute approximate surface area is 157 Å². The molecule has 0 bridgehead atoms. The van der Waals surface area contributed by atoms with E-state index >= 15 is 0 Å². The molecule has 0 aliphatic heterocycles. The molecule has 23 heavy (non-hydrogen) atoms. The van der Waals surface area contributed by atoms with Crippen LogP contribution in [-0.2, 0) is 5.33 Å². The number of hydrogen-bond donors (Lipinski definition) is 0. The smallest absolute Gasteiger partial charge is 0.119 e. The molecule has 0 unspecified atom stereocenters. The molecule has 0 atom stereocenters. The average Bonchev–Trinajstić information content (AvgIpc) is 2.62. The summed E-state index contributed by atoms with van der Waals surface area (Å²) in [6.07, 6.45) is 0. The first-order valence-electron chi connectivity index (χ1n) is 7.04. The number of alkyl halides is 1. The largest absolute Gasteiger partial charge is 0.240 e. The first-order valence-corrected chi connectivity index (χ1v) is 9.24. The van der Waals surface area contributed by atoms with Crippen molar-refractivity contribution in [3.8, 4) is 28.5 Å². The van der Waals surface area contributed by atoms with Crippen LogP contribution in [0.1, 0.15) is 11.1 Å². The molecule has 0 aliphatic carbocycles. The molecular formula is C19H12BrIN2. The minimum Gasteiger partial charge on any atom is -0.240 e. The highest BCUT2D eigenvalue weighted by Gasteiger charge is 2.13. The van der Waals surface area contributed by atoms with Gasteiger partial charge in [-0.05, 0) is 39.8 Å². The minimum absolute atomic E-state index is 0.602. The van der Waals surface area contributed by atoms with Crippen LogP contribution in [0.2, 0.25) is 0 Å². The lowest BCUT2D eigenvalue weighted by Gasteiger charge is -2.11. The van der Waals surface area contributed by atoms with Gasteiger partial charge < -0.3 is 0 Å². The van der Waals surface area contributed by atoms with Gasteiger partial charge in [-0.2, -0.15) is 5.26 Å². The van der Waals surface area contributed by atoms with E-state index in [9.17, 15) is 5.26 Å². The maximum Gasteiger partial charge on any atom is 0.119 e. The van der Waals surface area contributed by atoms with E-state index in [4.69, 9.17) is 4.98 Å². The standard InChI is InChI=1S/C19H12BrIN2/c20-11-13-6-8-15(9-7-13)18-17(14-4-2-1-3-5-14)10-16(12-22)19(21)23-18/h1-10H,11H2. The van der Waals surface area contributed by atoms with E-state index in [0.29, 0.717) is 5.56 Å². The summed E-state index contributed by atoms with van der Waals surface area (Å²) in [6, 6.07) is 22.6. The summed E-state index contributed by atoms with van der Waals surface area (Å²) >= 11 is 5.59. The second-order valence-corrected chi connectivity index (χ2v) is 6.61. The Bertz CT molecular complexity index is 868. The van der Waals surface area contributed by atoms with E-state index in [1.165, 1.54) is 5.56 Å². The normalized spacial score (nSPS) is 10.3. The van der Waals surface area contributed by atoms with Crippen molar-refractivity contribution < 1.29 is 0 Å². The lowest BCUT2D eigenvalue weighted by Crippen LogP contribution is -1.96. The second kappa shape index (κ2) is 7.24. The van der Waals surface area contributed by atoms with Crippen LogP contribution in [0, 0.1) is 15.0 Å². The van der Waals surface area contributed by atoms with Crippen LogP contribution in [0.5, 0.6) is 0 Å². The van der Waals surface area contributed by atoms with Crippen LogP contribution in [0.15, 0.2) is 60.7 Å². The van der Waals surface area contributed by atoms with E-state index in [1.807, 2.05) is 36.4 Å². The molecule has 0 saturated heterocycles. The van der Waals surface area contributed by atoms with Crippen molar-refractivity contribution in [2.45, 2.75) is 5.33 Å². The van der Waals surface area contributed by atoms with Gasteiger partial charge >= 0.3 is 0 Å². The van der Waals surface area contributed by atoms with E-state index < -0.39 is 0 Å². The fourth-order valence-electron chi connectivity index (χ4n) is 2.38. The fraction of sp³-hybridized carbons (Fsp3) is 0.0526. The highest BCUT2D eigenvalue weighted by molar-refractivity contribution is 14.1. The predicted octanol–water partition coefficient (Wildman–Crippen LogP) is 5.79. The van der Waals surface area contributed by atoms with Gasteiger partial charge in [-0.15, -0.1) is 0 Å². The zero-order valence-corrected chi connectivity index (χ0v) is 15.9. The van der Waals surface area contributed by atoms with E-state index in [0.717, 1.165) is 31.4 Å². The summed E-state index contributed by atoms with van der Waals surface area (Å²) in [7, 11) is 0. The number of aromatic nitrogens is 1. The van der Waals surface area contributed by atoms with Crippen molar-refractivity contribution in [1.82, 2.24) is 4.98 Å². The van der Waals surface area contributed by atoms with Crippen LogP contribution < -0.4 is 0 Å². The van der Waals surface area contributed by atoms with Gasteiger partial charge in [0.25, 0.3) is 0 Å². The second-order valence-electron chi connectivity index (χ2n) is 5.03. The first kappa shape index (κ1) is 16.2. The minimum atomic E-state index is 0.602. The van der Waals surface area contributed by atoms with Gasteiger partial charge in [-0.25, -0.2) is 4.98 Å². The van der Waals surface area contributed by atoms with E-state index in [2.05, 4.69) is 68.9 Å². The Morgan fingerprint density at radius 1 is 1.00 bits per heavy atom. The SMILES string of the molecule is N#Cc1cc(-c2ccccc2)c(-c2ccc(CBr)cc2)nc1I. The molecule has 0 amide bonds. The van der Waals surface area contributed by atoms with Gasteiger partial charge in [-0.3, -0.25) is 0 Å². The quantitative estimate of drug-likeness (QED) is 0.274. The number of halogens is 2. The maximum absolute atomic E-state index is 9.32. The summed E-state index contributed by atoms with van der Waals surface area (Å²) in [5.41, 5.74) is 5.82. The van der Waals surface area contributed by atoms with E-state index in [1.54, 1.807) is 0 Å². The summed E-state index contributed by atoms with van der Waals surface area (Å²) in [6.45, 7) is 0. The van der Waals surface area contributed by atoms with Crippen LogP contribution in [0.4, 0.5) is 0 Å². The summed E-state index contributed by atoms with van der Waals surface area (Å²) in [5.74, 6) is 0. The number of hydrogen-bond acceptors (Lipinski definition) is 2. The van der Waals surface area contributed by atoms with Crippen LogP contribution >= 0.6 is 38.5 Å². The number of nitrogens with zero attached hydrogens (tertiary/aromatic N) is 2. The molecule has 0 saturated carbocycles. The Kier molecular flexibility index (Phi) is 5.09. The monoisotopic (exact) mass is 474 g/mol. The third-order valence-electron chi connectivity index (χ3n) is 3.56. The Morgan fingerprint density at radius 2 is 1.70 bits per heavy atom. The zero-order chi connectivity index (χ0) is 16.2. The molecule has 2 nitrogen and oxygen atoms in total. The number of benzene rings is 2. The summed E-state index contributed by atoms with van der Waals surface area (Å²) in [4.78, 5) is 4.70. The van der Waals surface area contributed by atoms with E-state index in [-0.39, 0.29) is 0 Å². The molecule has 3 rings (SSSR count). The first-order chi connectivity index (χ1) is 11.2. The van der Waals surface area contributed by atoms with Gasteiger partial charge in [0, 0.05) is 16.5 Å². The molecule has 1 heterocycles.